The Kier molecular flexibility index (Phi) is 14.4. The average Bonchev–Trinajstić information content (AvgIpc) is 3.04. The van der Waals surface area contributed by atoms with Gasteiger partial charge in [0, 0.05) is 13.1 Å². The van der Waals surface area contributed by atoms with Crippen LogP contribution in [0.1, 0.15) is 128 Å². The van der Waals surface area contributed by atoms with Crippen molar-refractivity contribution in [3.63, 3.8) is 0 Å². The van der Waals surface area contributed by atoms with E-state index in [1.54, 1.807) is 0 Å². The van der Waals surface area contributed by atoms with Crippen molar-refractivity contribution in [2.75, 3.05) is 13.1 Å². The van der Waals surface area contributed by atoms with E-state index in [1.807, 2.05) is 4.90 Å². The maximum Gasteiger partial charge on any atom is 0.245 e. The van der Waals surface area contributed by atoms with Crippen molar-refractivity contribution < 1.29 is 4.79 Å². The van der Waals surface area contributed by atoms with Gasteiger partial charge in [0.25, 0.3) is 0 Å². The number of carbonyl (C=O) groups is 1. The fraction of sp³-hybridized carbons (Fsp3) is 0.537. The Morgan fingerprint density at radius 1 is 0.581 bits per heavy atom. The molecule has 0 saturated heterocycles. The predicted molar refractivity (Wildman–Crippen MR) is 189 cm³/mol. The molecule has 0 atom stereocenters. The van der Waals surface area contributed by atoms with E-state index in [0.29, 0.717) is 0 Å². The zero-order valence-electron chi connectivity index (χ0n) is 27.2. The first-order valence-corrected chi connectivity index (χ1v) is 17.8. The van der Waals surface area contributed by atoms with Gasteiger partial charge in [0.15, 0.2) is 0 Å². The van der Waals surface area contributed by atoms with Crippen molar-refractivity contribution in [3.8, 4) is 0 Å². The third kappa shape index (κ3) is 10.1. The number of rotatable bonds is 23. The SMILES string of the molecule is C=CC(=O)N(CCCCCCCCCCCCCCCCCC)CCCCc1ccc2ccc3cccc4ccc1c2c34. The Morgan fingerprint density at radius 2 is 1.05 bits per heavy atom. The molecule has 4 rings (SSSR count). The van der Waals surface area contributed by atoms with Crippen molar-refractivity contribution in [1.29, 1.82) is 0 Å². The van der Waals surface area contributed by atoms with Gasteiger partial charge in [0.2, 0.25) is 5.91 Å². The van der Waals surface area contributed by atoms with Gasteiger partial charge < -0.3 is 4.90 Å². The maximum atomic E-state index is 12.5. The van der Waals surface area contributed by atoms with E-state index < -0.39 is 0 Å². The van der Waals surface area contributed by atoms with E-state index in [1.165, 1.54) is 140 Å². The minimum absolute atomic E-state index is 0.0868. The van der Waals surface area contributed by atoms with Crippen molar-refractivity contribution in [1.82, 2.24) is 4.90 Å². The zero-order chi connectivity index (χ0) is 30.1. The van der Waals surface area contributed by atoms with Gasteiger partial charge in [-0.3, -0.25) is 4.79 Å². The van der Waals surface area contributed by atoms with E-state index >= 15 is 0 Å². The van der Waals surface area contributed by atoms with Crippen LogP contribution < -0.4 is 0 Å². The molecule has 0 aliphatic rings. The first kappa shape index (κ1) is 33.0. The molecule has 0 aliphatic carbocycles. The van der Waals surface area contributed by atoms with Gasteiger partial charge in [-0.1, -0.05) is 164 Å². The van der Waals surface area contributed by atoms with E-state index in [2.05, 4.69) is 68.1 Å². The summed E-state index contributed by atoms with van der Waals surface area (Å²) in [5.74, 6) is 0.0868. The van der Waals surface area contributed by atoms with Crippen molar-refractivity contribution in [3.05, 3.63) is 72.8 Å². The van der Waals surface area contributed by atoms with Gasteiger partial charge in [-0.05, 0) is 69.6 Å². The lowest BCUT2D eigenvalue weighted by molar-refractivity contribution is -0.126. The average molecular weight is 580 g/mol. The molecule has 1 amide bonds. The van der Waals surface area contributed by atoms with Crippen LogP contribution >= 0.6 is 0 Å². The molecule has 0 saturated carbocycles. The number of amides is 1. The van der Waals surface area contributed by atoms with E-state index in [-0.39, 0.29) is 5.91 Å². The summed E-state index contributed by atoms with van der Waals surface area (Å²) in [6.07, 6.45) is 26.6. The van der Waals surface area contributed by atoms with Crippen LogP contribution in [0.15, 0.2) is 67.3 Å². The summed E-state index contributed by atoms with van der Waals surface area (Å²) in [6.45, 7) is 7.75. The highest BCUT2D eigenvalue weighted by molar-refractivity contribution is 6.23. The highest BCUT2D eigenvalue weighted by Gasteiger charge is 2.12. The lowest BCUT2D eigenvalue weighted by Crippen LogP contribution is -2.31. The largest absolute Gasteiger partial charge is 0.339 e. The molecule has 43 heavy (non-hydrogen) atoms. The number of benzene rings is 4. The number of carbonyl (C=O) groups excluding carboxylic acids is 1. The topological polar surface area (TPSA) is 20.3 Å². The number of nitrogens with zero attached hydrogens (tertiary/aromatic N) is 1. The third-order valence-corrected chi connectivity index (χ3v) is 9.51. The van der Waals surface area contributed by atoms with E-state index in [9.17, 15) is 4.79 Å². The molecule has 0 unspecified atom stereocenters. The molecule has 232 valence electrons. The number of aryl methyl sites for hydroxylation is 1. The first-order valence-electron chi connectivity index (χ1n) is 17.8. The molecule has 0 bridgehead atoms. The lowest BCUT2D eigenvalue weighted by atomic mass is 9.90. The summed E-state index contributed by atoms with van der Waals surface area (Å²) < 4.78 is 0. The van der Waals surface area contributed by atoms with Crippen LogP contribution in [0.2, 0.25) is 0 Å². The summed E-state index contributed by atoms with van der Waals surface area (Å²) in [5, 5.41) is 8.14. The van der Waals surface area contributed by atoms with Crippen molar-refractivity contribution in [2.45, 2.75) is 129 Å². The summed E-state index contributed by atoms with van der Waals surface area (Å²) in [6, 6.07) is 20.3. The molecule has 0 radical (unpaired) electrons. The molecular weight excluding hydrogens is 522 g/mol. The molecule has 0 spiro atoms. The van der Waals surface area contributed by atoms with Gasteiger partial charge in [-0.25, -0.2) is 0 Å². The number of hydrogen-bond acceptors (Lipinski definition) is 1. The van der Waals surface area contributed by atoms with Crippen molar-refractivity contribution in [2.24, 2.45) is 0 Å². The highest BCUT2D eigenvalue weighted by Crippen LogP contribution is 2.36. The molecule has 4 aromatic rings. The summed E-state index contributed by atoms with van der Waals surface area (Å²) in [5.41, 5.74) is 1.42. The highest BCUT2D eigenvalue weighted by atomic mass is 16.2. The zero-order valence-corrected chi connectivity index (χ0v) is 27.2. The quantitative estimate of drug-likeness (QED) is 0.0486. The number of hydrogen-bond donors (Lipinski definition) is 0. The van der Waals surface area contributed by atoms with Crippen LogP contribution in [0.3, 0.4) is 0 Å². The third-order valence-electron chi connectivity index (χ3n) is 9.51. The summed E-state index contributed by atoms with van der Waals surface area (Å²) >= 11 is 0. The Labute approximate surface area is 262 Å². The van der Waals surface area contributed by atoms with Crippen LogP contribution in [0.25, 0.3) is 32.3 Å². The minimum Gasteiger partial charge on any atom is -0.339 e. The fourth-order valence-electron chi connectivity index (χ4n) is 6.94. The van der Waals surface area contributed by atoms with Gasteiger partial charge in [-0.15, -0.1) is 0 Å². The fourth-order valence-corrected chi connectivity index (χ4v) is 6.94. The van der Waals surface area contributed by atoms with Crippen LogP contribution in [0, 0.1) is 0 Å². The monoisotopic (exact) mass is 579 g/mol. The Morgan fingerprint density at radius 3 is 1.60 bits per heavy atom. The standard InChI is InChI=1S/C41H57NO/c1-3-5-6-7-8-9-10-11-12-13-14-15-16-17-18-20-32-42(39(43)4-2)33-21-19-23-34-26-27-37-29-28-35-24-22-25-36-30-31-38(34)41(37)40(35)36/h4,22,24-31H,2-3,5-21,23,32-33H2,1H3. The minimum atomic E-state index is 0.0868. The Balaban J connectivity index is 1.09. The molecule has 0 fully saturated rings. The van der Waals surface area contributed by atoms with Gasteiger partial charge in [-0.2, -0.15) is 0 Å². The van der Waals surface area contributed by atoms with Crippen LogP contribution in [-0.2, 0) is 11.2 Å². The normalized spacial score (nSPS) is 11.7. The van der Waals surface area contributed by atoms with Crippen LogP contribution in [-0.4, -0.2) is 23.9 Å². The van der Waals surface area contributed by atoms with Crippen LogP contribution in [0.5, 0.6) is 0 Å². The first-order chi connectivity index (χ1) is 21.2. The summed E-state index contributed by atoms with van der Waals surface area (Å²) in [4.78, 5) is 14.6. The molecule has 0 N–H and O–H groups in total. The van der Waals surface area contributed by atoms with Crippen molar-refractivity contribution >= 4 is 38.2 Å². The van der Waals surface area contributed by atoms with Gasteiger partial charge >= 0.3 is 0 Å². The Bertz CT molecular complexity index is 1350. The molecule has 2 heteroatoms. The Hall–Kier alpha value is -2.87. The molecule has 0 aromatic heterocycles. The molecule has 0 heterocycles. The second-order valence-electron chi connectivity index (χ2n) is 12.9. The lowest BCUT2D eigenvalue weighted by Gasteiger charge is -2.21. The van der Waals surface area contributed by atoms with Gasteiger partial charge in [0.1, 0.15) is 0 Å². The summed E-state index contributed by atoms with van der Waals surface area (Å²) in [7, 11) is 0. The van der Waals surface area contributed by atoms with E-state index in [4.69, 9.17) is 0 Å². The predicted octanol–water partition coefficient (Wildman–Crippen LogP) is 12.2. The van der Waals surface area contributed by atoms with Gasteiger partial charge in [0.05, 0.1) is 0 Å². The van der Waals surface area contributed by atoms with E-state index in [0.717, 1.165) is 38.8 Å². The molecule has 2 nitrogen and oxygen atoms in total. The van der Waals surface area contributed by atoms with Crippen LogP contribution in [0.4, 0.5) is 0 Å². The smallest absolute Gasteiger partial charge is 0.245 e. The molecule has 4 aromatic carbocycles. The molecule has 0 aliphatic heterocycles. The number of unbranched alkanes of at least 4 members (excludes halogenated alkanes) is 16. The second-order valence-corrected chi connectivity index (χ2v) is 12.9. The maximum absolute atomic E-state index is 12.5. The molecular formula is C41H57NO. The second kappa shape index (κ2) is 18.7.